The first-order valence-electron chi connectivity index (χ1n) is 19.7. The first kappa shape index (κ1) is 41.9. The number of imide groups is 1. The third kappa shape index (κ3) is 12.9. The SMILES string of the molecule is CC(C)(C)OC(=O)N(C(=O)OC(C)(C)C)c1ccc(CNC(=O)N[C@H]2CC[C@@H](c3ccc(C(=O)NCCN4CCCCC4)c(Nc4ccccc4)n3)CC2)cn1. The third-order valence-corrected chi connectivity index (χ3v) is 9.48. The number of amides is 5. The number of nitrogens with zero attached hydrogens (tertiary/aromatic N) is 4. The van der Waals surface area contributed by atoms with Gasteiger partial charge in [0.15, 0.2) is 0 Å². The molecule has 0 spiro atoms. The minimum atomic E-state index is -0.905. The Kier molecular flexibility index (Phi) is 14.3. The molecule has 2 aromatic heterocycles. The lowest BCUT2D eigenvalue weighted by atomic mass is 9.83. The Bertz CT molecular complexity index is 1750. The maximum absolute atomic E-state index is 13.4. The van der Waals surface area contributed by atoms with Crippen molar-refractivity contribution in [3.05, 3.63) is 77.6 Å². The van der Waals surface area contributed by atoms with E-state index in [0.29, 0.717) is 23.5 Å². The van der Waals surface area contributed by atoms with Gasteiger partial charge in [0.2, 0.25) is 0 Å². The number of ether oxygens (including phenoxy) is 2. The van der Waals surface area contributed by atoms with E-state index in [4.69, 9.17) is 14.5 Å². The molecular weight excluding hydrogens is 713 g/mol. The molecule has 5 amide bonds. The van der Waals surface area contributed by atoms with Crippen LogP contribution >= 0.6 is 0 Å². The second kappa shape index (κ2) is 19.1. The maximum Gasteiger partial charge on any atom is 0.425 e. The number of para-hydroxylation sites is 1. The summed E-state index contributed by atoms with van der Waals surface area (Å²) in [6.07, 6.45) is 6.61. The van der Waals surface area contributed by atoms with Gasteiger partial charge in [-0.1, -0.05) is 30.7 Å². The molecule has 1 saturated carbocycles. The lowest BCUT2D eigenvalue weighted by Gasteiger charge is -2.29. The zero-order valence-electron chi connectivity index (χ0n) is 33.7. The number of aromatic nitrogens is 2. The molecule has 56 heavy (non-hydrogen) atoms. The predicted octanol–water partition coefficient (Wildman–Crippen LogP) is 7.64. The minimum absolute atomic E-state index is 0.00478. The van der Waals surface area contributed by atoms with E-state index in [9.17, 15) is 19.2 Å². The van der Waals surface area contributed by atoms with Crippen molar-refractivity contribution < 1.29 is 28.7 Å². The van der Waals surface area contributed by atoms with Crippen LogP contribution in [0.4, 0.5) is 31.7 Å². The number of rotatable bonds is 11. The first-order chi connectivity index (χ1) is 26.6. The normalized spacial score (nSPS) is 17.6. The summed E-state index contributed by atoms with van der Waals surface area (Å²) in [7, 11) is 0. The zero-order valence-corrected chi connectivity index (χ0v) is 33.7. The van der Waals surface area contributed by atoms with Crippen molar-refractivity contribution in [1.82, 2.24) is 30.8 Å². The van der Waals surface area contributed by atoms with Crippen LogP contribution in [0.25, 0.3) is 0 Å². The maximum atomic E-state index is 13.4. The van der Waals surface area contributed by atoms with E-state index in [1.807, 2.05) is 42.5 Å². The largest absolute Gasteiger partial charge is 0.443 e. The van der Waals surface area contributed by atoms with Crippen molar-refractivity contribution in [2.75, 3.05) is 36.4 Å². The fourth-order valence-corrected chi connectivity index (χ4v) is 6.73. The Morgan fingerprint density at radius 2 is 1.46 bits per heavy atom. The van der Waals surface area contributed by atoms with Gasteiger partial charge in [0.05, 0.1) is 5.56 Å². The Morgan fingerprint density at radius 1 is 0.804 bits per heavy atom. The summed E-state index contributed by atoms with van der Waals surface area (Å²) in [4.78, 5) is 64.6. The summed E-state index contributed by atoms with van der Waals surface area (Å²) in [5, 5.41) is 12.4. The van der Waals surface area contributed by atoms with Gasteiger partial charge in [0.25, 0.3) is 5.91 Å². The van der Waals surface area contributed by atoms with Gasteiger partial charge in [-0.2, -0.15) is 4.90 Å². The second-order valence-electron chi connectivity index (χ2n) is 16.5. The zero-order chi connectivity index (χ0) is 40.3. The fraction of sp³-hybridized carbons (Fsp3) is 0.524. The number of anilines is 3. The quantitative estimate of drug-likeness (QED) is 0.152. The molecule has 5 rings (SSSR count). The average molecular weight is 771 g/mol. The van der Waals surface area contributed by atoms with Crippen molar-refractivity contribution in [3.8, 4) is 0 Å². The standard InChI is InChI=1S/C42H58N8O6/c1-41(2,3)55-39(53)50(40(54)56-42(4,5)6)35-22-15-29(27-44-35)28-45-38(52)47-32-18-16-30(17-19-32)34-21-20-33(36(48-34)46-31-13-9-7-10-14-31)37(51)43-23-26-49-24-11-8-12-25-49/h7,9-10,13-15,20-22,27,30,32H,8,11-12,16-19,23-26,28H2,1-6H3,(H,43,51)(H,46,48)(H2,45,47,52)/t30-,32+. The number of piperidine rings is 1. The lowest BCUT2D eigenvalue weighted by molar-refractivity contribution is 0.0428. The summed E-state index contributed by atoms with van der Waals surface area (Å²) < 4.78 is 10.9. The molecule has 1 aliphatic heterocycles. The summed E-state index contributed by atoms with van der Waals surface area (Å²) >= 11 is 0. The molecule has 0 radical (unpaired) electrons. The second-order valence-corrected chi connectivity index (χ2v) is 16.5. The van der Waals surface area contributed by atoms with Crippen LogP contribution in [-0.2, 0) is 16.0 Å². The summed E-state index contributed by atoms with van der Waals surface area (Å²) in [5.74, 6) is 0.619. The van der Waals surface area contributed by atoms with E-state index in [1.165, 1.54) is 31.5 Å². The molecule has 302 valence electrons. The molecule has 14 nitrogen and oxygen atoms in total. The van der Waals surface area contributed by atoms with Gasteiger partial charge in [-0.05, 0) is 129 Å². The van der Waals surface area contributed by atoms with Gasteiger partial charge in [-0.25, -0.2) is 24.4 Å². The Morgan fingerprint density at radius 3 is 2.07 bits per heavy atom. The van der Waals surface area contributed by atoms with E-state index in [-0.39, 0.29) is 36.3 Å². The number of hydrogen-bond donors (Lipinski definition) is 4. The summed E-state index contributed by atoms with van der Waals surface area (Å²) in [6, 6.07) is 16.4. The van der Waals surface area contributed by atoms with Gasteiger partial charge in [0.1, 0.15) is 22.8 Å². The Balaban J connectivity index is 1.13. The van der Waals surface area contributed by atoms with Crippen molar-refractivity contribution in [2.24, 2.45) is 0 Å². The van der Waals surface area contributed by atoms with Gasteiger partial charge in [-0.3, -0.25) is 4.79 Å². The van der Waals surface area contributed by atoms with Crippen molar-refractivity contribution in [3.63, 3.8) is 0 Å². The van der Waals surface area contributed by atoms with E-state index >= 15 is 0 Å². The molecule has 14 heteroatoms. The highest BCUT2D eigenvalue weighted by Crippen LogP contribution is 2.34. The topological polar surface area (TPSA) is 167 Å². The van der Waals surface area contributed by atoms with Crippen molar-refractivity contribution in [2.45, 2.75) is 116 Å². The number of likely N-dealkylation sites (tertiary alicyclic amines) is 1. The molecule has 3 aromatic rings. The molecule has 0 bridgehead atoms. The highest BCUT2D eigenvalue weighted by Gasteiger charge is 2.33. The average Bonchev–Trinajstić information content (AvgIpc) is 3.14. The van der Waals surface area contributed by atoms with E-state index in [1.54, 1.807) is 47.6 Å². The smallest absolute Gasteiger partial charge is 0.425 e. The summed E-state index contributed by atoms with van der Waals surface area (Å²) in [5.41, 5.74) is 1.27. The molecule has 3 heterocycles. The van der Waals surface area contributed by atoms with Gasteiger partial charge < -0.3 is 35.6 Å². The van der Waals surface area contributed by atoms with Crippen LogP contribution in [-0.4, -0.2) is 82.4 Å². The molecule has 1 aromatic carbocycles. The van der Waals surface area contributed by atoms with Crippen LogP contribution in [0.15, 0.2) is 60.8 Å². The van der Waals surface area contributed by atoms with Gasteiger partial charge in [0, 0.05) is 49.2 Å². The number of benzene rings is 1. The lowest BCUT2D eigenvalue weighted by Crippen LogP contribution is -2.44. The van der Waals surface area contributed by atoms with E-state index in [2.05, 4.69) is 31.2 Å². The third-order valence-electron chi connectivity index (χ3n) is 9.48. The van der Waals surface area contributed by atoms with Gasteiger partial charge in [-0.15, -0.1) is 0 Å². The molecule has 1 saturated heterocycles. The minimum Gasteiger partial charge on any atom is -0.443 e. The van der Waals surface area contributed by atoms with Gasteiger partial charge >= 0.3 is 18.2 Å². The highest BCUT2D eigenvalue weighted by atomic mass is 16.6. The van der Waals surface area contributed by atoms with E-state index in [0.717, 1.165) is 61.6 Å². The van der Waals surface area contributed by atoms with Crippen LogP contribution in [0, 0.1) is 0 Å². The number of nitrogens with one attached hydrogen (secondary N) is 4. The molecule has 2 aliphatic rings. The molecule has 0 unspecified atom stereocenters. The molecule has 0 atom stereocenters. The number of hydrogen-bond acceptors (Lipinski definition) is 10. The fourth-order valence-electron chi connectivity index (χ4n) is 6.73. The van der Waals surface area contributed by atoms with Crippen molar-refractivity contribution in [1.29, 1.82) is 0 Å². The van der Waals surface area contributed by atoms with Crippen LogP contribution < -0.4 is 26.2 Å². The number of carbonyl (C=O) groups excluding carboxylic acids is 4. The number of urea groups is 1. The molecule has 2 fully saturated rings. The summed E-state index contributed by atoms with van der Waals surface area (Å²) in [6.45, 7) is 14.0. The van der Waals surface area contributed by atoms with Crippen LogP contribution in [0.2, 0.25) is 0 Å². The first-order valence-corrected chi connectivity index (χ1v) is 19.7. The van der Waals surface area contributed by atoms with Crippen LogP contribution in [0.3, 0.4) is 0 Å². The van der Waals surface area contributed by atoms with Crippen molar-refractivity contribution >= 4 is 41.4 Å². The highest BCUT2D eigenvalue weighted by molar-refractivity contribution is 6.08. The number of carbonyl (C=O) groups is 4. The predicted molar refractivity (Wildman–Crippen MR) is 216 cm³/mol. The number of pyridine rings is 2. The van der Waals surface area contributed by atoms with Crippen LogP contribution in [0.1, 0.15) is 114 Å². The Labute approximate surface area is 330 Å². The Hall–Kier alpha value is -5.24. The van der Waals surface area contributed by atoms with E-state index < -0.39 is 23.4 Å². The molecular formula is C42H58N8O6. The monoisotopic (exact) mass is 770 g/mol. The molecule has 4 N–H and O–H groups in total. The molecule has 1 aliphatic carbocycles. The van der Waals surface area contributed by atoms with Crippen LogP contribution in [0.5, 0.6) is 0 Å².